The number of aliphatic hydroxyl groups excluding tert-OH is 1. The molecular formula is C13H14N4O. The molecule has 0 saturated heterocycles. The van der Waals surface area contributed by atoms with E-state index in [-0.39, 0.29) is 6.61 Å². The van der Waals surface area contributed by atoms with Gasteiger partial charge in [-0.25, -0.2) is 0 Å². The fourth-order valence-electron chi connectivity index (χ4n) is 1.48. The summed E-state index contributed by atoms with van der Waals surface area (Å²) >= 11 is 0. The van der Waals surface area contributed by atoms with Gasteiger partial charge in [-0.15, -0.1) is 0 Å². The van der Waals surface area contributed by atoms with Gasteiger partial charge in [-0.3, -0.25) is 0 Å². The third-order valence-corrected chi connectivity index (χ3v) is 2.44. The average molecular weight is 242 g/mol. The van der Waals surface area contributed by atoms with Gasteiger partial charge in [0.15, 0.2) is 0 Å². The first-order chi connectivity index (χ1) is 8.69. The van der Waals surface area contributed by atoms with E-state index in [2.05, 4.69) is 10.2 Å². The summed E-state index contributed by atoms with van der Waals surface area (Å²) in [5.41, 5.74) is 14.4. The smallest absolute Gasteiger partial charge is 0.0913 e. The van der Waals surface area contributed by atoms with E-state index in [0.717, 1.165) is 0 Å². The summed E-state index contributed by atoms with van der Waals surface area (Å²) in [6, 6.07) is 12.2. The summed E-state index contributed by atoms with van der Waals surface area (Å²) in [5.74, 6) is 0. The Morgan fingerprint density at radius 2 is 1.56 bits per heavy atom. The molecule has 0 unspecified atom stereocenters. The van der Waals surface area contributed by atoms with E-state index in [0.29, 0.717) is 28.3 Å². The second-order valence-electron chi connectivity index (χ2n) is 3.84. The number of azo groups is 1. The van der Waals surface area contributed by atoms with Crippen molar-refractivity contribution < 1.29 is 5.11 Å². The van der Waals surface area contributed by atoms with Crippen molar-refractivity contribution in [3.05, 3.63) is 48.0 Å². The lowest BCUT2D eigenvalue weighted by Gasteiger charge is -2.02. The first-order valence-corrected chi connectivity index (χ1v) is 5.45. The van der Waals surface area contributed by atoms with Crippen LogP contribution < -0.4 is 11.5 Å². The molecule has 0 aliphatic carbocycles. The number of nitrogens with two attached hydrogens (primary N) is 2. The predicted molar refractivity (Wildman–Crippen MR) is 71.8 cm³/mol. The molecule has 0 bridgehead atoms. The molecule has 5 nitrogen and oxygen atoms in total. The monoisotopic (exact) mass is 242 g/mol. The van der Waals surface area contributed by atoms with Gasteiger partial charge in [0.05, 0.1) is 18.0 Å². The minimum absolute atomic E-state index is 0.124. The van der Waals surface area contributed by atoms with Crippen molar-refractivity contribution >= 4 is 22.7 Å². The lowest BCUT2D eigenvalue weighted by atomic mass is 10.2. The lowest BCUT2D eigenvalue weighted by molar-refractivity contribution is 0.282. The van der Waals surface area contributed by atoms with Crippen LogP contribution in [0.25, 0.3) is 0 Å². The molecule has 0 aliphatic rings. The van der Waals surface area contributed by atoms with Gasteiger partial charge in [0.2, 0.25) is 0 Å². The highest BCUT2D eigenvalue weighted by Gasteiger charge is 2.00. The normalized spacial score (nSPS) is 10.9. The molecule has 2 aromatic carbocycles. The number of hydrogen-bond acceptors (Lipinski definition) is 5. The van der Waals surface area contributed by atoms with Crippen molar-refractivity contribution in [1.82, 2.24) is 0 Å². The van der Waals surface area contributed by atoms with E-state index in [1.54, 1.807) is 42.5 Å². The van der Waals surface area contributed by atoms with E-state index < -0.39 is 0 Å². The second-order valence-corrected chi connectivity index (χ2v) is 3.84. The molecule has 92 valence electrons. The SMILES string of the molecule is Nc1ccc(/N=N/c2ccc(N)cc2CO)cc1. The number of aliphatic hydroxyl groups is 1. The van der Waals surface area contributed by atoms with E-state index in [9.17, 15) is 5.11 Å². The van der Waals surface area contributed by atoms with Gasteiger partial charge in [0.1, 0.15) is 0 Å². The Morgan fingerprint density at radius 3 is 2.22 bits per heavy atom. The predicted octanol–water partition coefficient (Wildman–Crippen LogP) is 2.76. The number of benzene rings is 2. The molecule has 2 aromatic rings. The van der Waals surface area contributed by atoms with E-state index >= 15 is 0 Å². The molecule has 0 spiro atoms. The fourth-order valence-corrected chi connectivity index (χ4v) is 1.48. The first kappa shape index (κ1) is 12.1. The Balaban J connectivity index is 2.25. The van der Waals surface area contributed by atoms with Crippen molar-refractivity contribution in [3.8, 4) is 0 Å². The van der Waals surface area contributed by atoms with Crippen LogP contribution in [0.2, 0.25) is 0 Å². The lowest BCUT2D eigenvalue weighted by Crippen LogP contribution is -1.89. The quantitative estimate of drug-likeness (QED) is 0.570. The van der Waals surface area contributed by atoms with E-state index in [4.69, 9.17) is 11.5 Å². The Bertz CT molecular complexity index is 564. The average Bonchev–Trinajstić information content (AvgIpc) is 2.39. The third kappa shape index (κ3) is 2.83. The van der Waals surface area contributed by atoms with E-state index in [1.807, 2.05) is 0 Å². The molecule has 0 atom stereocenters. The van der Waals surface area contributed by atoms with Gasteiger partial charge in [-0.1, -0.05) is 0 Å². The maximum absolute atomic E-state index is 9.20. The van der Waals surface area contributed by atoms with Crippen LogP contribution >= 0.6 is 0 Å². The molecule has 0 aliphatic heterocycles. The van der Waals surface area contributed by atoms with Crippen LogP contribution in [0.5, 0.6) is 0 Å². The highest BCUT2D eigenvalue weighted by Crippen LogP contribution is 2.24. The molecule has 0 heterocycles. The largest absolute Gasteiger partial charge is 0.399 e. The summed E-state index contributed by atoms with van der Waals surface area (Å²) in [4.78, 5) is 0. The maximum atomic E-state index is 9.20. The number of nitrogens with zero attached hydrogens (tertiary/aromatic N) is 2. The van der Waals surface area contributed by atoms with Crippen LogP contribution in [-0.4, -0.2) is 5.11 Å². The van der Waals surface area contributed by atoms with Crippen molar-refractivity contribution in [2.75, 3.05) is 11.5 Å². The minimum atomic E-state index is -0.124. The van der Waals surface area contributed by atoms with Crippen molar-refractivity contribution in [2.45, 2.75) is 6.61 Å². The molecular weight excluding hydrogens is 228 g/mol. The molecule has 5 N–H and O–H groups in total. The number of nitrogen functional groups attached to an aromatic ring is 2. The zero-order valence-corrected chi connectivity index (χ0v) is 9.74. The molecule has 0 saturated carbocycles. The van der Waals surface area contributed by atoms with Gasteiger partial charge in [-0.05, 0) is 42.5 Å². The van der Waals surface area contributed by atoms with Gasteiger partial charge in [0, 0.05) is 16.9 Å². The van der Waals surface area contributed by atoms with Crippen LogP contribution in [0.4, 0.5) is 22.7 Å². The first-order valence-electron chi connectivity index (χ1n) is 5.45. The second kappa shape index (κ2) is 5.29. The Morgan fingerprint density at radius 1 is 0.889 bits per heavy atom. The molecule has 0 aromatic heterocycles. The third-order valence-electron chi connectivity index (χ3n) is 2.44. The van der Waals surface area contributed by atoms with Crippen LogP contribution in [0.15, 0.2) is 52.7 Å². The molecule has 0 amide bonds. The molecule has 5 heteroatoms. The van der Waals surface area contributed by atoms with Crippen LogP contribution in [0.3, 0.4) is 0 Å². The molecule has 0 radical (unpaired) electrons. The van der Waals surface area contributed by atoms with Crippen molar-refractivity contribution in [2.24, 2.45) is 10.2 Å². The van der Waals surface area contributed by atoms with Crippen molar-refractivity contribution in [3.63, 3.8) is 0 Å². The van der Waals surface area contributed by atoms with Crippen LogP contribution in [0.1, 0.15) is 5.56 Å². The summed E-state index contributed by atoms with van der Waals surface area (Å²) in [5, 5.41) is 17.4. The van der Waals surface area contributed by atoms with Crippen LogP contribution in [0, 0.1) is 0 Å². The zero-order valence-electron chi connectivity index (χ0n) is 9.74. The van der Waals surface area contributed by atoms with E-state index in [1.165, 1.54) is 0 Å². The topological polar surface area (TPSA) is 97.0 Å². The summed E-state index contributed by atoms with van der Waals surface area (Å²) in [6.45, 7) is -0.124. The highest BCUT2D eigenvalue weighted by atomic mass is 16.3. The maximum Gasteiger partial charge on any atom is 0.0913 e. The highest BCUT2D eigenvalue weighted by molar-refractivity contribution is 5.55. The molecule has 0 fully saturated rings. The number of anilines is 2. The Labute approximate surface area is 105 Å². The van der Waals surface area contributed by atoms with Gasteiger partial charge in [0.25, 0.3) is 0 Å². The van der Waals surface area contributed by atoms with Crippen LogP contribution in [-0.2, 0) is 6.61 Å². The summed E-state index contributed by atoms with van der Waals surface area (Å²) < 4.78 is 0. The minimum Gasteiger partial charge on any atom is -0.399 e. The zero-order chi connectivity index (χ0) is 13.0. The summed E-state index contributed by atoms with van der Waals surface area (Å²) in [7, 11) is 0. The number of hydrogen-bond donors (Lipinski definition) is 3. The standard InChI is InChI=1S/C13H14N4O/c14-10-1-4-12(5-2-10)16-17-13-6-3-11(15)7-9(13)8-18/h1-7,18H,8,14-15H2/b17-16+. The van der Waals surface area contributed by atoms with Crippen molar-refractivity contribution in [1.29, 1.82) is 0 Å². The Hall–Kier alpha value is -2.40. The van der Waals surface area contributed by atoms with Gasteiger partial charge >= 0.3 is 0 Å². The fraction of sp³-hybridized carbons (Fsp3) is 0.0769. The van der Waals surface area contributed by atoms with Gasteiger partial charge in [-0.2, -0.15) is 10.2 Å². The Kier molecular flexibility index (Phi) is 3.54. The summed E-state index contributed by atoms with van der Waals surface area (Å²) in [6.07, 6.45) is 0. The van der Waals surface area contributed by atoms with Gasteiger partial charge < -0.3 is 16.6 Å². The number of rotatable bonds is 3. The molecule has 18 heavy (non-hydrogen) atoms. The molecule has 2 rings (SSSR count).